The Balaban J connectivity index is 1.44. The third-order valence-corrected chi connectivity index (χ3v) is 6.77. The van der Waals surface area contributed by atoms with E-state index in [2.05, 4.69) is 20.3 Å². The van der Waals surface area contributed by atoms with Gasteiger partial charge >= 0.3 is 0 Å². The fourth-order valence-electron chi connectivity index (χ4n) is 5.04. The van der Waals surface area contributed by atoms with E-state index in [0.717, 1.165) is 24.0 Å². The second-order valence-corrected chi connectivity index (χ2v) is 8.75. The van der Waals surface area contributed by atoms with Crippen molar-refractivity contribution in [2.75, 3.05) is 11.9 Å². The van der Waals surface area contributed by atoms with Crippen molar-refractivity contribution in [3.8, 4) is 0 Å². The minimum atomic E-state index is -0.906. The SMILES string of the molecule is Cc1ccc(F)cc1[C@H]1CCCN1C(=O)C1=NCc2ncnc(N[C@H]3CC[C@H](O)[C@@H]3O)c21. The quantitative estimate of drug-likeness (QED) is 0.671. The highest BCUT2D eigenvalue weighted by atomic mass is 19.1. The first-order chi connectivity index (χ1) is 15.4. The van der Waals surface area contributed by atoms with Gasteiger partial charge in [0.05, 0.1) is 42.1 Å². The summed E-state index contributed by atoms with van der Waals surface area (Å²) in [5, 5.41) is 23.3. The highest BCUT2D eigenvalue weighted by molar-refractivity contribution is 6.47. The van der Waals surface area contributed by atoms with E-state index < -0.39 is 12.2 Å². The minimum absolute atomic E-state index is 0.210. The average molecular weight is 439 g/mol. The summed E-state index contributed by atoms with van der Waals surface area (Å²) in [5.41, 5.74) is 3.26. The van der Waals surface area contributed by atoms with Crippen LogP contribution in [-0.4, -0.2) is 61.5 Å². The Bertz CT molecular complexity index is 1090. The van der Waals surface area contributed by atoms with Gasteiger partial charge in [-0.3, -0.25) is 9.79 Å². The van der Waals surface area contributed by atoms with E-state index >= 15 is 0 Å². The van der Waals surface area contributed by atoms with Gasteiger partial charge in [0.2, 0.25) is 0 Å². The van der Waals surface area contributed by atoms with Gasteiger partial charge in [-0.05, 0) is 55.9 Å². The number of benzene rings is 1. The van der Waals surface area contributed by atoms with Crippen LogP contribution < -0.4 is 5.32 Å². The molecule has 3 heterocycles. The summed E-state index contributed by atoms with van der Waals surface area (Å²) in [5.74, 6) is -0.0964. The number of rotatable bonds is 4. The molecule has 0 radical (unpaired) electrons. The number of amides is 1. The van der Waals surface area contributed by atoms with Gasteiger partial charge in [-0.25, -0.2) is 14.4 Å². The molecule has 5 rings (SSSR count). The standard InChI is InChI=1S/C23H26FN5O3/c1-12-4-5-13(24)9-14(12)17-3-2-8-29(17)23(32)20-19-16(10-25-20)26-11-27-22(19)28-15-6-7-18(30)21(15)31/h4-5,9,11,15,17-18,21,30-31H,2-3,6-8,10H2,1H3,(H,26,27,28)/t15-,17+,18-,21+/m0/s1. The largest absolute Gasteiger partial charge is 0.390 e. The van der Waals surface area contributed by atoms with E-state index in [9.17, 15) is 19.4 Å². The van der Waals surface area contributed by atoms with Crippen molar-refractivity contribution in [1.82, 2.24) is 14.9 Å². The van der Waals surface area contributed by atoms with Gasteiger partial charge in [0.15, 0.2) is 0 Å². The molecular weight excluding hydrogens is 413 g/mol. The van der Waals surface area contributed by atoms with Crippen LogP contribution in [0, 0.1) is 12.7 Å². The fourth-order valence-corrected chi connectivity index (χ4v) is 5.04. The second-order valence-electron chi connectivity index (χ2n) is 8.75. The van der Waals surface area contributed by atoms with E-state index in [0.29, 0.717) is 36.5 Å². The molecular formula is C23H26FN5O3. The third-order valence-electron chi connectivity index (χ3n) is 6.77. The molecule has 2 aliphatic heterocycles. The molecule has 0 bridgehead atoms. The van der Waals surface area contributed by atoms with Crippen LogP contribution in [0.4, 0.5) is 10.2 Å². The average Bonchev–Trinajstić information content (AvgIpc) is 3.51. The summed E-state index contributed by atoms with van der Waals surface area (Å²) in [7, 11) is 0. The van der Waals surface area contributed by atoms with Crippen molar-refractivity contribution in [3.63, 3.8) is 0 Å². The Kier molecular flexibility index (Phi) is 5.38. The van der Waals surface area contributed by atoms with Crippen LogP contribution in [0.2, 0.25) is 0 Å². The monoisotopic (exact) mass is 439 g/mol. The van der Waals surface area contributed by atoms with Crippen LogP contribution in [0.1, 0.15) is 54.1 Å². The lowest BCUT2D eigenvalue weighted by Gasteiger charge is -2.27. The second kappa shape index (κ2) is 8.22. The van der Waals surface area contributed by atoms with Crippen molar-refractivity contribution in [1.29, 1.82) is 0 Å². The maximum atomic E-state index is 13.9. The first-order valence-corrected chi connectivity index (χ1v) is 11.0. The molecule has 1 aromatic heterocycles. The van der Waals surface area contributed by atoms with Gasteiger partial charge in [0.1, 0.15) is 23.7 Å². The van der Waals surface area contributed by atoms with Gasteiger partial charge in [-0.1, -0.05) is 6.07 Å². The molecule has 0 spiro atoms. The lowest BCUT2D eigenvalue weighted by atomic mass is 9.98. The zero-order valence-electron chi connectivity index (χ0n) is 17.8. The molecule has 1 aromatic carbocycles. The molecule has 168 valence electrons. The van der Waals surface area contributed by atoms with Crippen molar-refractivity contribution in [3.05, 3.63) is 52.7 Å². The summed E-state index contributed by atoms with van der Waals surface area (Å²) in [6, 6.07) is 4.11. The molecule has 4 atom stereocenters. The summed E-state index contributed by atoms with van der Waals surface area (Å²) in [6.45, 7) is 2.77. The first-order valence-electron chi connectivity index (χ1n) is 11.0. The predicted octanol–water partition coefficient (Wildman–Crippen LogP) is 1.89. The summed E-state index contributed by atoms with van der Waals surface area (Å²) in [4.78, 5) is 28.5. The van der Waals surface area contributed by atoms with Crippen molar-refractivity contribution < 1.29 is 19.4 Å². The topological polar surface area (TPSA) is 111 Å². The molecule has 0 unspecified atom stereocenters. The van der Waals surface area contributed by atoms with Gasteiger partial charge in [0, 0.05) is 6.54 Å². The zero-order valence-corrected chi connectivity index (χ0v) is 17.8. The van der Waals surface area contributed by atoms with Gasteiger partial charge in [0.25, 0.3) is 5.91 Å². The Morgan fingerprint density at radius 1 is 1.22 bits per heavy atom. The number of hydrogen-bond acceptors (Lipinski definition) is 7. The molecule has 8 nitrogen and oxygen atoms in total. The highest BCUT2D eigenvalue weighted by Crippen LogP contribution is 2.36. The number of fused-ring (bicyclic) bond motifs is 1. The van der Waals surface area contributed by atoms with Crippen molar-refractivity contribution in [2.24, 2.45) is 4.99 Å². The zero-order chi connectivity index (χ0) is 22.4. The maximum Gasteiger partial charge on any atom is 0.273 e. The Hall–Kier alpha value is -2.91. The number of likely N-dealkylation sites (tertiary alicyclic amines) is 1. The number of nitrogens with one attached hydrogen (secondary N) is 1. The van der Waals surface area contributed by atoms with Crippen molar-refractivity contribution in [2.45, 2.75) is 63.4 Å². The number of aliphatic imine (C=N–C) groups is 1. The number of aromatic nitrogens is 2. The number of anilines is 1. The molecule has 3 N–H and O–H groups in total. The van der Waals surface area contributed by atoms with Gasteiger partial charge < -0.3 is 20.4 Å². The number of carbonyl (C=O) groups is 1. The van der Waals surface area contributed by atoms with E-state index in [1.54, 1.807) is 11.0 Å². The molecule has 1 saturated carbocycles. The van der Waals surface area contributed by atoms with Crippen LogP contribution in [0.5, 0.6) is 0 Å². The lowest BCUT2D eigenvalue weighted by molar-refractivity contribution is -0.124. The summed E-state index contributed by atoms with van der Waals surface area (Å²) < 4.78 is 13.9. The van der Waals surface area contributed by atoms with Crippen LogP contribution in [0.25, 0.3) is 0 Å². The normalized spacial score (nSPS) is 26.9. The highest BCUT2D eigenvalue weighted by Gasteiger charge is 2.39. The molecule has 1 saturated heterocycles. The Morgan fingerprint density at radius 3 is 2.84 bits per heavy atom. The number of halogens is 1. The maximum absolute atomic E-state index is 13.9. The molecule has 2 fully saturated rings. The Morgan fingerprint density at radius 2 is 2.06 bits per heavy atom. The summed E-state index contributed by atoms with van der Waals surface area (Å²) >= 11 is 0. The van der Waals surface area contributed by atoms with Crippen LogP contribution in [0.15, 0.2) is 29.5 Å². The van der Waals surface area contributed by atoms with Crippen LogP contribution >= 0.6 is 0 Å². The number of aliphatic hydroxyl groups is 2. The van der Waals surface area contributed by atoms with Crippen LogP contribution in [-0.2, 0) is 11.3 Å². The predicted molar refractivity (Wildman–Crippen MR) is 116 cm³/mol. The van der Waals surface area contributed by atoms with Crippen molar-refractivity contribution >= 4 is 17.4 Å². The Labute approximate surface area is 185 Å². The first kappa shape index (κ1) is 21.0. The molecule has 1 aliphatic carbocycles. The minimum Gasteiger partial charge on any atom is -0.390 e. The number of aliphatic hydroxyl groups excluding tert-OH is 2. The van der Waals surface area contributed by atoms with E-state index in [1.807, 2.05) is 6.92 Å². The third kappa shape index (κ3) is 3.55. The molecule has 9 heteroatoms. The summed E-state index contributed by atoms with van der Waals surface area (Å²) in [6.07, 6.45) is 2.40. The van der Waals surface area contributed by atoms with E-state index in [1.165, 1.54) is 18.5 Å². The fraction of sp³-hybridized carbons (Fsp3) is 0.478. The lowest BCUT2D eigenvalue weighted by Crippen LogP contribution is -2.38. The number of hydrogen-bond donors (Lipinski definition) is 3. The van der Waals surface area contributed by atoms with Crippen LogP contribution in [0.3, 0.4) is 0 Å². The number of nitrogens with zero attached hydrogens (tertiary/aromatic N) is 4. The molecule has 3 aliphatic rings. The molecule has 32 heavy (non-hydrogen) atoms. The molecule has 1 amide bonds. The smallest absolute Gasteiger partial charge is 0.273 e. The number of carbonyl (C=O) groups excluding carboxylic acids is 1. The van der Waals surface area contributed by atoms with Gasteiger partial charge in [-0.15, -0.1) is 0 Å². The van der Waals surface area contributed by atoms with E-state index in [4.69, 9.17) is 0 Å². The number of aryl methyl sites for hydroxylation is 1. The van der Waals surface area contributed by atoms with Gasteiger partial charge in [-0.2, -0.15) is 0 Å². The van der Waals surface area contributed by atoms with E-state index in [-0.39, 0.29) is 36.1 Å². The molecule has 2 aromatic rings.